The zero-order valence-corrected chi connectivity index (χ0v) is 9.17. The van der Waals surface area contributed by atoms with Crippen molar-refractivity contribution in [1.29, 1.82) is 0 Å². The number of aromatic nitrogens is 1. The maximum atomic E-state index is 13.1. The molecule has 1 heterocycles. The van der Waals surface area contributed by atoms with E-state index in [1.807, 2.05) is 0 Å². The van der Waals surface area contributed by atoms with Gasteiger partial charge in [-0.15, -0.1) is 0 Å². The minimum atomic E-state index is -3.01. The van der Waals surface area contributed by atoms with Crippen molar-refractivity contribution in [2.45, 2.75) is 12.8 Å². The SMILES string of the molecule is COC(=O)Cc1cc(C(F)F)c(F)nc1OC. The number of methoxy groups -OCH3 is 2. The predicted octanol–water partition coefficient (Wildman–Crippen LogP) is 1.88. The molecular weight excluding hydrogens is 239 g/mol. The van der Waals surface area contributed by atoms with Crippen molar-refractivity contribution >= 4 is 5.97 Å². The van der Waals surface area contributed by atoms with E-state index < -0.39 is 23.9 Å². The number of carbonyl (C=O) groups excluding carboxylic acids is 1. The first-order valence-electron chi connectivity index (χ1n) is 4.57. The van der Waals surface area contributed by atoms with Crippen molar-refractivity contribution in [3.63, 3.8) is 0 Å². The number of esters is 1. The van der Waals surface area contributed by atoms with Crippen molar-refractivity contribution in [3.8, 4) is 5.88 Å². The quantitative estimate of drug-likeness (QED) is 0.604. The molecule has 0 atom stereocenters. The first-order valence-corrected chi connectivity index (χ1v) is 4.57. The number of nitrogens with zero attached hydrogens (tertiary/aromatic N) is 1. The lowest BCUT2D eigenvalue weighted by atomic mass is 10.1. The average Bonchev–Trinajstić information content (AvgIpc) is 2.30. The number of pyridine rings is 1. The summed E-state index contributed by atoms with van der Waals surface area (Å²) in [5, 5.41) is 0. The largest absolute Gasteiger partial charge is 0.481 e. The lowest BCUT2D eigenvalue weighted by Gasteiger charge is -2.09. The molecule has 0 aliphatic rings. The van der Waals surface area contributed by atoms with Gasteiger partial charge in [0, 0.05) is 5.56 Å². The molecule has 1 aromatic heterocycles. The van der Waals surface area contributed by atoms with E-state index in [1.54, 1.807) is 0 Å². The number of alkyl halides is 2. The van der Waals surface area contributed by atoms with E-state index in [0.717, 1.165) is 13.2 Å². The van der Waals surface area contributed by atoms with Crippen molar-refractivity contribution in [2.75, 3.05) is 14.2 Å². The Morgan fingerprint density at radius 3 is 2.59 bits per heavy atom. The number of rotatable bonds is 4. The van der Waals surface area contributed by atoms with Crippen molar-refractivity contribution in [1.82, 2.24) is 4.98 Å². The summed E-state index contributed by atoms with van der Waals surface area (Å²) in [6, 6.07) is 0.850. The third kappa shape index (κ3) is 3.08. The molecule has 0 saturated heterocycles. The summed E-state index contributed by atoms with van der Waals surface area (Å²) in [6.45, 7) is 0. The predicted molar refractivity (Wildman–Crippen MR) is 51.4 cm³/mol. The third-order valence-corrected chi connectivity index (χ3v) is 2.03. The molecule has 0 saturated carbocycles. The fraction of sp³-hybridized carbons (Fsp3) is 0.400. The highest BCUT2D eigenvalue weighted by Crippen LogP contribution is 2.26. The normalized spacial score (nSPS) is 10.5. The van der Waals surface area contributed by atoms with E-state index in [0.29, 0.717) is 0 Å². The smallest absolute Gasteiger partial charge is 0.310 e. The number of carbonyl (C=O) groups is 1. The van der Waals surface area contributed by atoms with Gasteiger partial charge in [0.05, 0.1) is 26.2 Å². The summed E-state index contributed by atoms with van der Waals surface area (Å²) in [4.78, 5) is 14.3. The van der Waals surface area contributed by atoms with Crippen LogP contribution < -0.4 is 4.74 Å². The standard InChI is InChI=1S/C10H10F3NO3/c1-16-7(15)4-5-3-6(8(11)12)9(13)14-10(5)17-2/h3,8H,4H2,1-2H3. The molecule has 1 rings (SSSR count). The molecule has 7 heteroatoms. The molecule has 1 aromatic rings. The highest BCUT2D eigenvalue weighted by atomic mass is 19.3. The Morgan fingerprint density at radius 2 is 2.12 bits per heavy atom. The van der Waals surface area contributed by atoms with Crippen molar-refractivity contribution < 1.29 is 27.4 Å². The summed E-state index contributed by atoms with van der Waals surface area (Å²) in [6.07, 6.45) is -3.32. The molecule has 0 radical (unpaired) electrons. The highest BCUT2D eigenvalue weighted by molar-refractivity contribution is 5.73. The molecule has 94 valence electrons. The summed E-state index contributed by atoms with van der Waals surface area (Å²) >= 11 is 0. The Hall–Kier alpha value is -1.79. The minimum absolute atomic E-state index is 0.0519. The minimum Gasteiger partial charge on any atom is -0.481 e. The maximum absolute atomic E-state index is 13.1. The van der Waals surface area contributed by atoms with Crippen LogP contribution in [0.4, 0.5) is 13.2 Å². The van der Waals surface area contributed by atoms with Crippen LogP contribution in [-0.2, 0) is 16.0 Å². The second kappa shape index (κ2) is 5.51. The molecule has 4 nitrogen and oxygen atoms in total. The van der Waals surface area contributed by atoms with Crippen LogP contribution in [0.3, 0.4) is 0 Å². The first kappa shape index (κ1) is 13.3. The molecule has 0 spiro atoms. The molecule has 17 heavy (non-hydrogen) atoms. The van der Waals surface area contributed by atoms with Gasteiger partial charge in [-0.05, 0) is 6.07 Å². The van der Waals surface area contributed by atoms with Crippen LogP contribution in [0.2, 0.25) is 0 Å². The Labute approximate surface area is 95.4 Å². The lowest BCUT2D eigenvalue weighted by molar-refractivity contribution is -0.139. The number of hydrogen-bond acceptors (Lipinski definition) is 4. The second-order valence-electron chi connectivity index (χ2n) is 3.09. The van der Waals surface area contributed by atoms with Crippen LogP contribution in [0.25, 0.3) is 0 Å². The number of ether oxygens (including phenoxy) is 2. The molecule has 0 fully saturated rings. The second-order valence-corrected chi connectivity index (χ2v) is 3.09. The zero-order chi connectivity index (χ0) is 13.0. The van der Waals surface area contributed by atoms with Gasteiger partial charge in [-0.2, -0.15) is 9.37 Å². The average molecular weight is 249 g/mol. The fourth-order valence-electron chi connectivity index (χ4n) is 1.22. The summed E-state index contributed by atoms with van der Waals surface area (Å²) in [5.74, 6) is -2.18. The van der Waals surface area contributed by atoms with E-state index in [4.69, 9.17) is 4.74 Å². The molecule has 0 N–H and O–H groups in total. The molecule has 0 bridgehead atoms. The van der Waals surface area contributed by atoms with Gasteiger partial charge in [-0.25, -0.2) is 8.78 Å². The van der Waals surface area contributed by atoms with Gasteiger partial charge in [0.25, 0.3) is 6.43 Å². The maximum Gasteiger partial charge on any atom is 0.310 e. The molecule has 0 aromatic carbocycles. The monoisotopic (exact) mass is 249 g/mol. The molecular formula is C10H10F3NO3. The summed E-state index contributed by atoms with van der Waals surface area (Å²) < 4.78 is 47.0. The van der Waals surface area contributed by atoms with Gasteiger partial charge >= 0.3 is 5.97 Å². The summed E-state index contributed by atoms with van der Waals surface area (Å²) in [7, 11) is 2.35. The Morgan fingerprint density at radius 1 is 1.47 bits per heavy atom. The molecule has 0 aliphatic carbocycles. The Bertz CT molecular complexity index is 424. The van der Waals surface area contributed by atoms with Crippen LogP contribution in [0.5, 0.6) is 5.88 Å². The van der Waals surface area contributed by atoms with E-state index in [-0.39, 0.29) is 17.9 Å². The van der Waals surface area contributed by atoms with Crippen molar-refractivity contribution in [2.24, 2.45) is 0 Å². The number of hydrogen-bond donors (Lipinski definition) is 0. The van der Waals surface area contributed by atoms with Crippen LogP contribution in [0.1, 0.15) is 17.6 Å². The van der Waals surface area contributed by atoms with E-state index in [2.05, 4.69) is 9.72 Å². The van der Waals surface area contributed by atoms with Gasteiger partial charge in [0.15, 0.2) is 0 Å². The highest BCUT2D eigenvalue weighted by Gasteiger charge is 2.20. The lowest BCUT2D eigenvalue weighted by Crippen LogP contribution is -2.09. The van der Waals surface area contributed by atoms with E-state index in [9.17, 15) is 18.0 Å². The van der Waals surface area contributed by atoms with Gasteiger partial charge < -0.3 is 9.47 Å². The van der Waals surface area contributed by atoms with Gasteiger partial charge in [-0.3, -0.25) is 4.79 Å². The van der Waals surface area contributed by atoms with Crippen LogP contribution in [0.15, 0.2) is 6.07 Å². The molecule has 0 amide bonds. The fourth-order valence-corrected chi connectivity index (χ4v) is 1.22. The van der Waals surface area contributed by atoms with Gasteiger partial charge in [0.2, 0.25) is 11.8 Å². The van der Waals surface area contributed by atoms with Crippen LogP contribution >= 0.6 is 0 Å². The first-order chi connectivity index (χ1) is 7.99. The molecule has 0 unspecified atom stereocenters. The van der Waals surface area contributed by atoms with Crippen LogP contribution in [-0.4, -0.2) is 25.2 Å². The van der Waals surface area contributed by atoms with Gasteiger partial charge in [-0.1, -0.05) is 0 Å². The van der Waals surface area contributed by atoms with E-state index >= 15 is 0 Å². The topological polar surface area (TPSA) is 48.4 Å². The summed E-state index contributed by atoms with van der Waals surface area (Å²) in [5.41, 5.74) is -0.819. The third-order valence-electron chi connectivity index (χ3n) is 2.03. The Balaban J connectivity index is 3.16. The molecule has 0 aliphatic heterocycles. The Kier molecular flexibility index (Phi) is 4.30. The van der Waals surface area contributed by atoms with Gasteiger partial charge in [0.1, 0.15) is 0 Å². The van der Waals surface area contributed by atoms with E-state index in [1.165, 1.54) is 7.11 Å². The number of halogens is 3. The van der Waals surface area contributed by atoms with Crippen LogP contribution in [0, 0.1) is 5.95 Å². The zero-order valence-electron chi connectivity index (χ0n) is 9.17. The van der Waals surface area contributed by atoms with Crippen molar-refractivity contribution in [3.05, 3.63) is 23.1 Å².